The SMILES string of the molecule is C[C@@H]1C[C@@H](C)CN(C(=O)[C@H](C)S(=O)(=O)c2nnc(NCc3ccco3)s2)C1. The van der Waals surface area contributed by atoms with Gasteiger partial charge in [0.2, 0.25) is 25.2 Å². The molecule has 3 atom stereocenters. The van der Waals surface area contributed by atoms with E-state index < -0.39 is 15.1 Å². The minimum absolute atomic E-state index is 0.150. The highest BCUT2D eigenvalue weighted by molar-refractivity contribution is 7.94. The van der Waals surface area contributed by atoms with E-state index in [1.165, 1.54) is 6.92 Å². The van der Waals surface area contributed by atoms with E-state index in [0.717, 1.165) is 17.8 Å². The maximum atomic E-state index is 12.8. The standard InChI is InChI=1S/C17H24N4O4S2/c1-11-7-12(2)10-21(9-11)15(22)13(3)27(23,24)17-20-19-16(26-17)18-8-14-5-4-6-25-14/h4-6,11-13H,7-10H2,1-3H3,(H,18,19)/t11-,12-,13+/m1/s1. The lowest BCUT2D eigenvalue weighted by Crippen LogP contribution is -2.48. The average molecular weight is 413 g/mol. The van der Waals surface area contributed by atoms with Crippen molar-refractivity contribution in [3.8, 4) is 0 Å². The van der Waals surface area contributed by atoms with Crippen LogP contribution in [0.3, 0.4) is 0 Å². The van der Waals surface area contributed by atoms with Crippen LogP contribution >= 0.6 is 11.3 Å². The van der Waals surface area contributed by atoms with Crippen molar-refractivity contribution in [1.29, 1.82) is 0 Å². The van der Waals surface area contributed by atoms with Crippen molar-refractivity contribution in [2.24, 2.45) is 11.8 Å². The Hall–Kier alpha value is -1.94. The number of likely N-dealkylation sites (tertiary alicyclic amines) is 1. The normalized spacial score (nSPS) is 21.8. The molecule has 0 spiro atoms. The van der Waals surface area contributed by atoms with Crippen LogP contribution in [0.1, 0.15) is 33.0 Å². The molecule has 0 aromatic carbocycles. The van der Waals surface area contributed by atoms with Crippen molar-refractivity contribution in [2.75, 3.05) is 18.4 Å². The predicted molar refractivity (Wildman–Crippen MR) is 102 cm³/mol. The zero-order chi connectivity index (χ0) is 19.6. The number of nitrogens with one attached hydrogen (secondary N) is 1. The van der Waals surface area contributed by atoms with Gasteiger partial charge in [-0.05, 0) is 37.3 Å². The van der Waals surface area contributed by atoms with Crippen molar-refractivity contribution in [3.05, 3.63) is 24.2 Å². The maximum Gasteiger partial charge on any atom is 0.241 e. The van der Waals surface area contributed by atoms with Gasteiger partial charge in [0.1, 0.15) is 11.0 Å². The molecule has 1 aliphatic heterocycles. The summed E-state index contributed by atoms with van der Waals surface area (Å²) in [6, 6.07) is 3.57. The van der Waals surface area contributed by atoms with Crippen molar-refractivity contribution >= 4 is 32.2 Å². The molecule has 0 unspecified atom stereocenters. The fraction of sp³-hybridized carbons (Fsp3) is 0.588. The number of hydrogen-bond donors (Lipinski definition) is 1. The Balaban J connectivity index is 1.68. The van der Waals surface area contributed by atoms with Crippen molar-refractivity contribution in [1.82, 2.24) is 15.1 Å². The van der Waals surface area contributed by atoms with E-state index in [4.69, 9.17) is 4.42 Å². The lowest BCUT2D eigenvalue weighted by molar-refractivity contribution is -0.133. The number of amides is 1. The molecule has 2 aromatic rings. The molecule has 0 radical (unpaired) electrons. The molecule has 1 aliphatic rings. The molecular formula is C17H24N4O4S2. The second-order valence-corrected chi connectivity index (χ2v) is 10.6. The molecule has 1 fully saturated rings. The molecule has 3 heterocycles. The Morgan fingerprint density at radius 2 is 2.07 bits per heavy atom. The number of piperidine rings is 1. The number of sulfone groups is 1. The summed E-state index contributed by atoms with van der Waals surface area (Å²) in [5, 5.41) is 9.81. The second kappa shape index (κ2) is 7.97. The summed E-state index contributed by atoms with van der Waals surface area (Å²) in [7, 11) is -3.88. The first kappa shape index (κ1) is 19.8. The van der Waals surface area contributed by atoms with Crippen LogP contribution < -0.4 is 5.32 Å². The summed E-state index contributed by atoms with van der Waals surface area (Å²) in [6.45, 7) is 7.15. The first-order valence-corrected chi connectivity index (χ1v) is 11.3. The van der Waals surface area contributed by atoms with Crippen LogP contribution in [0, 0.1) is 11.8 Å². The highest BCUT2D eigenvalue weighted by Crippen LogP contribution is 2.27. The van der Waals surface area contributed by atoms with Gasteiger partial charge in [-0.15, -0.1) is 10.2 Å². The third-order valence-electron chi connectivity index (χ3n) is 4.64. The Morgan fingerprint density at radius 1 is 1.37 bits per heavy atom. The summed E-state index contributed by atoms with van der Waals surface area (Å²) in [5.41, 5.74) is 0. The number of aromatic nitrogens is 2. The van der Waals surface area contributed by atoms with Gasteiger partial charge in [0.15, 0.2) is 0 Å². The minimum atomic E-state index is -3.88. The summed E-state index contributed by atoms with van der Waals surface area (Å²) in [4.78, 5) is 14.4. The van der Waals surface area contributed by atoms with Gasteiger partial charge in [0.05, 0.1) is 12.8 Å². The van der Waals surface area contributed by atoms with Crippen LogP contribution in [0.2, 0.25) is 0 Å². The minimum Gasteiger partial charge on any atom is -0.467 e. The first-order valence-electron chi connectivity index (χ1n) is 8.89. The molecule has 148 valence electrons. The van der Waals surface area contributed by atoms with Crippen molar-refractivity contribution < 1.29 is 17.6 Å². The topological polar surface area (TPSA) is 105 Å². The molecule has 2 aromatic heterocycles. The molecule has 0 aliphatic carbocycles. The van der Waals surface area contributed by atoms with E-state index in [1.807, 2.05) is 0 Å². The maximum absolute atomic E-state index is 12.8. The highest BCUT2D eigenvalue weighted by atomic mass is 32.2. The molecule has 8 nitrogen and oxygen atoms in total. The number of rotatable bonds is 6. The van der Waals surface area contributed by atoms with E-state index in [-0.39, 0.29) is 10.2 Å². The van der Waals surface area contributed by atoms with Crippen LogP contribution in [0.15, 0.2) is 27.2 Å². The molecule has 3 rings (SSSR count). The molecule has 1 saturated heterocycles. The second-order valence-electron chi connectivity index (χ2n) is 7.18. The highest BCUT2D eigenvalue weighted by Gasteiger charge is 2.37. The third kappa shape index (κ3) is 4.49. The zero-order valence-electron chi connectivity index (χ0n) is 15.6. The Bertz CT molecular complexity index is 869. The summed E-state index contributed by atoms with van der Waals surface area (Å²) in [5.74, 6) is 1.07. The van der Waals surface area contributed by atoms with E-state index >= 15 is 0 Å². The Morgan fingerprint density at radius 3 is 2.70 bits per heavy atom. The van der Waals surface area contributed by atoms with Gasteiger partial charge in [-0.1, -0.05) is 25.2 Å². The van der Waals surface area contributed by atoms with Crippen molar-refractivity contribution in [2.45, 2.75) is 43.3 Å². The summed E-state index contributed by atoms with van der Waals surface area (Å²) >= 11 is 0.921. The van der Waals surface area contributed by atoms with Crippen LogP contribution in [-0.4, -0.2) is 47.8 Å². The average Bonchev–Trinajstić information content (AvgIpc) is 3.29. The predicted octanol–water partition coefficient (Wildman–Crippen LogP) is 2.41. The van der Waals surface area contributed by atoms with E-state index in [2.05, 4.69) is 29.4 Å². The van der Waals surface area contributed by atoms with Crippen LogP contribution in [0.5, 0.6) is 0 Å². The van der Waals surface area contributed by atoms with Gasteiger partial charge < -0.3 is 14.6 Å². The van der Waals surface area contributed by atoms with Crippen LogP contribution in [0.4, 0.5) is 5.13 Å². The lowest BCUT2D eigenvalue weighted by atomic mass is 9.92. The molecule has 1 N–H and O–H groups in total. The fourth-order valence-corrected chi connectivity index (χ4v) is 5.84. The number of carbonyl (C=O) groups is 1. The van der Waals surface area contributed by atoms with E-state index in [1.54, 1.807) is 23.3 Å². The Kier molecular flexibility index (Phi) is 5.85. The monoisotopic (exact) mass is 412 g/mol. The van der Waals surface area contributed by atoms with Gasteiger partial charge in [0, 0.05) is 13.1 Å². The molecule has 0 bridgehead atoms. The largest absolute Gasteiger partial charge is 0.467 e. The van der Waals surface area contributed by atoms with E-state index in [0.29, 0.717) is 42.4 Å². The number of nitrogens with zero attached hydrogens (tertiary/aromatic N) is 3. The number of furan rings is 1. The summed E-state index contributed by atoms with van der Waals surface area (Å²) < 4.78 is 30.7. The van der Waals surface area contributed by atoms with Gasteiger partial charge in [0.25, 0.3) is 0 Å². The molecule has 1 amide bonds. The quantitative estimate of drug-likeness (QED) is 0.776. The van der Waals surface area contributed by atoms with E-state index in [9.17, 15) is 13.2 Å². The smallest absolute Gasteiger partial charge is 0.241 e. The Labute approximate surface area is 162 Å². The molecule has 0 saturated carbocycles. The van der Waals surface area contributed by atoms with Gasteiger partial charge in [-0.2, -0.15) is 0 Å². The lowest BCUT2D eigenvalue weighted by Gasteiger charge is -2.36. The van der Waals surface area contributed by atoms with Gasteiger partial charge >= 0.3 is 0 Å². The fourth-order valence-electron chi connectivity index (χ4n) is 3.36. The third-order valence-corrected chi connectivity index (χ3v) is 7.96. The zero-order valence-corrected chi connectivity index (χ0v) is 17.2. The number of hydrogen-bond acceptors (Lipinski definition) is 8. The van der Waals surface area contributed by atoms with Crippen LogP contribution in [0.25, 0.3) is 0 Å². The number of anilines is 1. The van der Waals surface area contributed by atoms with Gasteiger partial charge in [-0.25, -0.2) is 8.42 Å². The van der Waals surface area contributed by atoms with Crippen molar-refractivity contribution in [3.63, 3.8) is 0 Å². The molecular weight excluding hydrogens is 388 g/mol. The van der Waals surface area contributed by atoms with Crippen LogP contribution in [-0.2, 0) is 21.2 Å². The molecule has 10 heteroatoms. The number of carbonyl (C=O) groups excluding carboxylic acids is 1. The first-order chi connectivity index (χ1) is 12.8. The summed E-state index contributed by atoms with van der Waals surface area (Å²) in [6.07, 6.45) is 2.61. The van der Waals surface area contributed by atoms with Gasteiger partial charge in [-0.3, -0.25) is 4.79 Å². The molecule has 27 heavy (non-hydrogen) atoms.